The van der Waals surface area contributed by atoms with Gasteiger partial charge < -0.3 is 15.5 Å². The Bertz CT molecular complexity index is 814. The zero-order valence-electron chi connectivity index (χ0n) is 40.6. The molecule has 0 aromatic heterocycles. The van der Waals surface area contributed by atoms with E-state index in [0.717, 1.165) is 25.7 Å². The highest BCUT2D eigenvalue weighted by Gasteiger charge is 2.20. The SMILES string of the molecule is CCCCCCCCCCCCCC/C=C\CCCCCCCCCCCCCC(=O)NC(CO)C(O)CCCCCCCCCCCCCCCCCCCCCC. The minimum Gasteiger partial charge on any atom is -0.394 e. The third kappa shape index (κ3) is 48.0. The van der Waals surface area contributed by atoms with Gasteiger partial charge in [-0.3, -0.25) is 4.79 Å². The molecule has 0 aliphatic heterocycles. The molecule has 3 N–H and O–H groups in total. The summed E-state index contributed by atoms with van der Waals surface area (Å²) in [6, 6.07) is -0.534. The molecule has 0 aromatic carbocycles. The predicted octanol–water partition coefficient (Wildman–Crippen LogP) is 17.8. The minimum absolute atomic E-state index is 0.0262. The van der Waals surface area contributed by atoms with Gasteiger partial charge in [-0.1, -0.05) is 283 Å². The summed E-state index contributed by atoms with van der Waals surface area (Å²) in [4.78, 5) is 12.5. The second-order valence-corrected chi connectivity index (χ2v) is 19.0. The van der Waals surface area contributed by atoms with E-state index in [2.05, 4.69) is 31.3 Å². The van der Waals surface area contributed by atoms with Gasteiger partial charge in [0, 0.05) is 6.42 Å². The third-order valence-electron chi connectivity index (χ3n) is 13.0. The van der Waals surface area contributed by atoms with Crippen molar-refractivity contribution < 1.29 is 15.0 Å². The average Bonchev–Trinajstić information content (AvgIpc) is 3.24. The summed E-state index contributed by atoms with van der Waals surface area (Å²) >= 11 is 0. The molecule has 0 radical (unpaired) electrons. The maximum atomic E-state index is 12.5. The standard InChI is InChI=1S/C55H109NO3/c1-3-5-7-9-11-13-15-17-19-21-23-25-26-27-28-29-30-31-33-35-37-39-41-43-45-47-49-51-55(59)56-53(52-57)54(58)50-48-46-44-42-40-38-36-34-32-24-22-20-18-16-14-12-10-8-6-4-2/h27-28,53-54,57-58H,3-26,29-52H2,1-2H3,(H,56,59)/b28-27-. The van der Waals surface area contributed by atoms with Crippen molar-refractivity contribution in [2.24, 2.45) is 0 Å². The van der Waals surface area contributed by atoms with Gasteiger partial charge in [-0.15, -0.1) is 0 Å². The fourth-order valence-corrected chi connectivity index (χ4v) is 8.83. The molecule has 0 bridgehead atoms. The van der Waals surface area contributed by atoms with Crippen molar-refractivity contribution in [2.75, 3.05) is 6.61 Å². The predicted molar refractivity (Wildman–Crippen MR) is 263 cm³/mol. The Hall–Kier alpha value is -0.870. The third-order valence-corrected chi connectivity index (χ3v) is 13.0. The lowest BCUT2D eigenvalue weighted by molar-refractivity contribution is -0.123. The first-order valence-electron chi connectivity index (χ1n) is 27.4. The monoisotopic (exact) mass is 832 g/mol. The van der Waals surface area contributed by atoms with Crippen molar-refractivity contribution >= 4 is 5.91 Å². The first-order chi connectivity index (χ1) is 29.2. The molecule has 0 aromatic rings. The van der Waals surface area contributed by atoms with Crippen LogP contribution in [0.5, 0.6) is 0 Å². The number of hydrogen-bond acceptors (Lipinski definition) is 3. The lowest BCUT2D eigenvalue weighted by Gasteiger charge is -2.22. The van der Waals surface area contributed by atoms with E-state index in [4.69, 9.17) is 0 Å². The van der Waals surface area contributed by atoms with E-state index in [9.17, 15) is 15.0 Å². The van der Waals surface area contributed by atoms with Crippen LogP contribution in [0.4, 0.5) is 0 Å². The number of amides is 1. The molecule has 352 valence electrons. The molecule has 0 aliphatic carbocycles. The molecule has 0 rings (SSSR count). The van der Waals surface area contributed by atoms with E-state index in [-0.39, 0.29) is 12.5 Å². The lowest BCUT2D eigenvalue weighted by Crippen LogP contribution is -2.45. The molecule has 0 aliphatic rings. The molecule has 0 saturated heterocycles. The molecule has 4 nitrogen and oxygen atoms in total. The average molecular weight is 832 g/mol. The molecule has 0 saturated carbocycles. The summed E-state index contributed by atoms with van der Waals surface area (Å²) in [6.07, 6.45) is 66.2. The van der Waals surface area contributed by atoms with Crippen LogP contribution in [0.2, 0.25) is 0 Å². The fraction of sp³-hybridized carbons (Fsp3) is 0.945. The summed E-state index contributed by atoms with van der Waals surface area (Å²) in [5, 5.41) is 23.3. The first-order valence-corrected chi connectivity index (χ1v) is 27.4. The van der Waals surface area contributed by atoms with Crippen LogP contribution < -0.4 is 5.32 Å². The van der Waals surface area contributed by atoms with Gasteiger partial charge in [0.1, 0.15) is 0 Å². The first kappa shape index (κ1) is 58.1. The van der Waals surface area contributed by atoms with Gasteiger partial charge >= 0.3 is 0 Å². The van der Waals surface area contributed by atoms with Crippen LogP contribution in [0.1, 0.15) is 316 Å². The topological polar surface area (TPSA) is 69.6 Å². The number of hydrogen-bond donors (Lipinski definition) is 3. The normalized spacial score (nSPS) is 12.8. The zero-order valence-corrected chi connectivity index (χ0v) is 40.6. The van der Waals surface area contributed by atoms with Crippen molar-refractivity contribution in [2.45, 2.75) is 328 Å². The summed E-state index contributed by atoms with van der Waals surface area (Å²) in [7, 11) is 0. The number of allylic oxidation sites excluding steroid dienone is 2. The molecule has 0 spiro atoms. The molecule has 59 heavy (non-hydrogen) atoms. The smallest absolute Gasteiger partial charge is 0.220 e. The maximum Gasteiger partial charge on any atom is 0.220 e. The van der Waals surface area contributed by atoms with E-state index in [1.807, 2.05) is 0 Å². The molecular formula is C55H109NO3. The molecule has 1 amide bonds. The Kier molecular flexibility index (Phi) is 50.7. The lowest BCUT2D eigenvalue weighted by atomic mass is 10.0. The summed E-state index contributed by atoms with van der Waals surface area (Å²) in [5.74, 6) is -0.0262. The Morgan fingerprint density at radius 3 is 0.932 bits per heavy atom. The molecule has 4 heteroatoms. The van der Waals surface area contributed by atoms with Gasteiger partial charge in [0.2, 0.25) is 5.91 Å². The van der Waals surface area contributed by atoms with E-state index >= 15 is 0 Å². The van der Waals surface area contributed by atoms with Gasteiger partial charge in [-0.05, 0) is 38.5 Å². The molecule has 0 fully saturated rings. The summed E-state index contributed by atoms with van der Waals surface area (Å²) in [5.41, 5.74) is 0. The van der Waals surface area contributed by atoms with Gasteiger partial charge in [0.05, 0.1) is 18.8 Å². The zero-order chi connectivity index (χ0) is 42.8. The highest BCUT2D eigenvalue weighted by molar-refractivity contribution is 5.76. The number of aliphatic hydroxyl groups excluding tert-OH is 2. The van der Waals surface area contributed by atoms with Crippen molar-refractivity contribution in [1.29, 1.82) is 0 Å². The van der Waals surface area contributed by atoms with Crippen LogP contribution >= 0.6 is 0 Å². The molecular weight excluding hydrogens is 723 g/mol. The van der Waals surface area contributed by atoms with Crippen molar-refractivity contribution in [1.82, 2.24) is 5.32 Å². The van der Waals surface area contributed by atoms with Crippen LogP contribution in [0, 0.1) is 0 Å². The van der Waals surface area contributed by atoms with E-state index in [1.54, 1.807) is 0 Å². The largest absolute Gasteiger partial charge is 0.394 e. The van der Waals surface area contributed by atoms with Crippen LogP contribution in [0.3, 0.4) is 0 Å². The van der Waals surface area contributed by atoms with Gasteiger partial charge in [-0.2, -0.15) is 0 Å². The van der Waals surface area contributed by atoms with Crippen LogP contribution in [-0.4, -0.2) is 34.9 Å². The van der Waals surface area contributed by atoms with Crippen molar-refractivity contribution in [3.8, 4) is 0 Å². The number of rotatable bonds is 51. The highest BCUT2D eigenvalue weighted by atomic mass is 16.3. The summed E-state index contributed by atoms with van der Waals surface area (Å²) < 4.78 is 0. The highest BCUT2D eigenvalue weighted by Crippen LogP contribution is 2.18. The van der Waals surface area contributed by atoms with Crippen molar-refractivity contribution in [3.05, 3.63) is 12.2 Å². The Labute approximate surface area is 371 Å². The van der Waals surface area contributed by atoms with E-state index in [1.165, 1.54) is 263 Å². The summed E-state index contributed by atoms with van der Waals surface area (Å²) in [6.45, 7) is 4.40. The Morgan fingerprint density at radius 1 is 0.390 bits per heavy atom. The second kappa shape index (κ2) is 51.5. The second-order valence-electron chi connectivity index (χ2n) is 19.0. The van der Waals surface area contributed by atoms with Gasteiger partial charge in [-0.25, -0.2) is 0 Å². The molecule has 2 atom stereocenters. The Morgan fingerprint density at radius 2 is 0.644 bits per heavy atom. The fourth-order valence-electron chi connectivity index (χ4n) is 8.83. The van der Waals surface area contributed by atoms with Gasteiger partial charge in [0.25, 0.3) is 0 Å². The molecule has 2 unspecified atom stereocenters. The number of unbranched alkanes of at least 4 members (excludes halogenated alkanes) is 42. The Balaban J connectivity index is 3.43. The van der Waals surface area contributed by atoms with Crippen LogP contribution in [0.25, 0.3) is 0 Å². The maximum absolute atomic E-state index is 12.5. The number of nitrogens with one attached hydrogen (secondary N) is 1. The van der Waals surface area contributed by atoms with E-state index in [0.29, 0.717) is 12.8 Å². The number of carbonyl (C=O) groups excluding carboxylic acids is 1. The van der Waals surface area contributed by atoms with Gasteiger partial charge in [0.15, 0.2) is 0 Å². The molecule has 0 heterocycles. The number of aliphatic hydroxyl groups is 2. The minimum atomic E-state index is -0.657. The van der Waals surface area contributed by atoms with Crippen molar-refractivity contribution in [3.63, 3.8) is 0 Å². The number of carbonyl (C=O) groups is 1. The van der Waals surface area contributed by atoms with Crippen LogP contribution in [-0.2, 0) is 4.79 Å². The quantitative estimate of drug-likeness (QED) is 0.0422. The van der Waals surface area contributed by atoms with Crippen LogP contribution in [0.15, 0.2) is 12.2 Å². The van der Waals surface area contributed by atoms with E-state index < -0.39 is 12.1 Å².